The van der Waals surface area contributed by atoms with Gasteiger partial charge in [0.2, 0.25) is 11.8 Å². The number of ether oxygens (including phenoxy) is 1. The number of fused-ring (bicyclic) bond motifs is 2. The zero-order valence-electron chi connectivity index (χ0n) is 17.9. The van der Waals surface area contributed by atoms with Crippen molar-refractivity contribution in [2.45, 2.75) is 76.4 Å². The molecule has 3 aliphatic heterocycles. The molecule has 0 aromatic carbocycles. The van der Waals surface area contributed by atoms with Gasteiger partial charge in [0.1, 0.15) is 11.4 Å². The number of carbonyl (C=O) groups excluding carboxylic acids is 2. The van der Waals surface area contributed by atoms with Gasteiger partial charge in [0.05, 0.1) is 18.2 Å². The lowest BCUT2D eigenvalue weighted by Crippen LogP contribution is -2.53. The Morgan fingerprint density at radius 2 is 1.93 bits per heavy atom. The summed E-state index contributed by atoms with van der Waals surface area (Å²) in [6.45, 7) is 4.59. The zero-order valence-corrected chi connectivity index (χ0v) is 17.9. The summed E-state index contributed by atoms with van der Waals surface area (Å²) in [6.07, 6.45) is 10.1. The van der Waals surface area contributed by atoms with Crippen molar-refractivity contribution in [1.29, 1.82) is 0 Å². The van der Waals surface area contributed by atoms with Crippen molar-refractivity contribution in [2.75, 3.05) is 26.2 Å². The Morgan fingerprint density at radius 3 is 2.70 bits per heavy atom. The summed E-state index contributed by atoms with van der Waals surface area (Å²) >= 11 is 0. The molecule has 1 saturated carbocycles. The largest absolute Gasteiger partial charge is 0.368 e. The van der Waals surface area contributed by atoms with Crippen LogP contribution in [0, 0.1) is 12.8 Å². The Hall–Kier alpha value is -2.02. The maximum Gasteiger partial charge on any atom is 0.227 e. The lowest BCUT2D eigenvalue weighted by Gasteiger charge is -2.45. The molecular weight excluding hydrogens is 380 g/mol. The van der Waals surface area contributed by atoms with Gasteiger partial charge >= 0.3 is 0 Å². The van der Waals surface area contributed by atoms with Gasteiger partial charge < -0.3 is 14.5 Å². The Balaban J connectivity index is 1.25. The first-order valence-corrected chi connectivity index (χ1v) is 11.6. The van der Waals surface area contributed by atoms with E-state index in [9.17, 15) is 9.59 Å². The summed E-state index contributed by atoms with van der Waals surface area (Å²) in [5.74, 6) is 1.18. The molecule has 1 aromatic rings. The Labute approximate surface area is 178 Å². The average Bonchev–Trinajstić information content (AvgIpc) is 3.30. The van der Waals surface area contributed by atoms with Gasteiger partial charge in [-0.15, -0.1) is 0 Å². The fourth-order valence-electron chi connectivity index (χ4n) is 5.87. The molecule has 1 aromatic heterocycles. The fourth-order valence-corrected chi connectivity index (χ4v) is 5.87. The van der Waals surface area contributed by atoms with E-state index in [-0.39, 0.29) is 23.3 Å². The van der Waals surface area contributed by atoms with Crippen molar-refractivity contribution in [2.24, 2.45) is 5.92 Å². The highest BCUT2D eigenvalue weighted by Crippen LogP contribution is 2.41. The van der Waals surface area contributed by atoms with Crippen molar-refractivity contribution in [1.82, 2.24) is 19.8 Å². The summed E-state index contributed by atoms with van der Waals surface area (Å²) in [5.41, 5.74) is 1.84. The lowest BCUT2D eigenvalue weighted by atomic mass is 9.82. The summed E-state index contributed by atoms with van der Waals surface area (Å²) in [6, 6.07) is 0.354. The van der Waals surface area contributed by atoms with Gasteiger partial charge in [-0.1, -0.05) is 12.8 Å². The second-order valence-corrected chi connectivity index (χ2v) is 9.43. The molecule has 1 aliphatic carbocycles. The van der Waals surface area contributed by atoms with Crippen LogP contribution in [0.25, 0.3) is 0 Å². The number of aromatic nitrogens is 2. The number of nitrogens with zero attached hydrogens (tertiary/aromatic N) is 4. The van der Waals surface area contributed by atoms with Crippen LogP contribution >= 0.6 is 0 Å². The maximum atomic E-state index is 13.3. The molecular formula is C23H32N4O3. The molecule has 2 amide bonds. The number of aryl methyl sites for hydroxylation is 1. The summed E-state index contributed by atoms with van der Waals surface area (Å²) in [7, 11) is 0. The van der Waals surface area contributed by atoms with E-state index >= 15 is 0 Å². The van der Waals surface area contributed by atoms with Gasteiger partial charge in [0.25, 0.3) is 0 Å². The summed E-state index contributed by atoms with van der Waals surface area (Å²) < 4.78 is 6.28. The van der Waals surface area contributed by atoms with Crippen molar-refractivity contribution in [3.63, 3.8) is 0 Å². The number of carbonyl (C=O) groups is 2. The van der Waals surface area contributed by atoms with Crippen LogP contribution in [0.1, 0.15) is 68.4 Å². The number of likely N-dealkylation sites (tertiary alicyclic amines) is 2. The smallest absolute Gasteiger partial charge is 0.227 e. The van der Waals surface area contributed by atoms with E-state index in [1.807, 2.05) is 22.9 Å². The van der Waals surface area contributed by atoms with E-state index in [2.05, 4.69) is 4.98 Å². The molecule has 3 fully saturated rings. The highest BCUT2D eigenvalue weighted by atomic mass is 16.5. The van der Waals surface area contributed by atoms with E-state index in [0.717, 1.165) is 43.6 Å². The molecule has 7 nitrogen and oxygen atoms in total. The van der Waals surface area contributed by atoms with Crippen molar-refractivity contribution in [3.8, 4) is 0 Å². The van der Waals surface area contributed by atoms with E-state index in [1.54, 1.807) is 0 Å². The maximum absolute atomic E-state index is 13.3. The number of amides is 2. The molecule has 0 bridgehead atoms. The molecule has 1 spiro atoms. The quantitative estimate of drug-likeness (QED) is 0.745. The van der Waals surface area contributed by atoms with Gasteiger partial charge in [0, 0.05) is 38.3 Å². The highest BCUT2D eigenvalue weighted by molar-refractivity contribution is 5.84. The molecule has 0 N–H and O–H groups in total. The predicted molar refractivity (Wildman–Crippen MR) is 111 cm³/mol. The number of hydrogen-bond donors (Lipinski definition) is 0. The predicted octanol–water partition coefficient (Wildman–Crippen LogP) is 2.36. The molecule has 1 unspecified atom stereocenters. The standard InChI is InChI=1S/C23H32N4O3/c1-16-24-14-17-8-13-30-23(21(17)25-16)9-11-26(12-10-23)22(29)18-6-7-20(28)27(15-18)19-4-2-3-5-19/h14,18-19H,2-13,15H2,1H3. The third-order valence-corrected chi connectivity index (χ3v) is 7.61. The Bertz CT molecular complexity index is 828. The number of piperidine rings is 2. The topological polar surface area (TPSA) is 75.6 Å². The monoisotopic (exact) mass is 412 g/mol. The zero-order chi connectivity index (χ0) is 20.7. The molecule has 5 rings (SSSR count). The normalized spacial score (nSPS) is 26.8. The Kier molecular flexibility index (Phi) is 5.25. The second kappa shape index (κ2) is 7.91. The lowest BCUT2D eigenvalue weighted by molar-refractivity contribution is -0.150. The minimum Gasteiger partial charge on any atom is -0.368 e. The Morgan fingerprint density at radius 1 is 1.17 bits per heavy atom. The number of rotatable bonds is 2. The van der Waals surface area contributed by atoms with E-state index in [4.69, 9.17) is 9.72 Å². The molecule has 0 radical (unpaired) electrons. The van der Waals surface area contributed by atoms with Crippen molar-refractivity contribution >= 4 is 11.8 Å². The van der Waals surface area contributed by atoms with Gasteiger partial charge in [-0.3, -0.25) is 9.59 Å². The van der Waals surface area contributed by atoms with Crippen LogP contribution in [0.15, 0.2) is 6.20 Å². The first-order valence-electron chi connectivity index (χ1n) is 11.6. The van der Waals surface area contributed by atoms with Crippen molar-refractivity contribution in [3.05, 3.63) is 23.3 Å². The summed E-state index contributed by atoms with van der Waals surface area (Å²) in [4.78, 5) is 38.9. The van der Waals surface area contributed by atoms with Gasteiger partial charge in [-0.25, -0.2) is 9.97 Å². The summed E-state index contributed by atoms with van der Waals surface area (Å²) in [5, 5.41) is 0. The molecule has 1 atom stereocenters. The van der Waals surface area contributed by atoms with Crippen LogP contribution in [0.2, 0.25) is 0 Å². The van der Waals surface area contributed by atoms with Gasteiger partial charge in [-0.05, 0) is 51.0 Å². The first kappa shape index (κ1) is 19.9. The van der Waals surface area contributed by atoms with Crippen LogP contribution in [0.4, 0.5) is 0 Å². The third-order valence-electron chi connectivity index (χ3n) is 7.61. The van der Waals surface area contributed by atoms with E-state index in [0.29, 0.717) is 45.1 Å². The van der Waals surface area contributed by atoms with E-state index < -0.39 is 0 Å². The average molecular weight is 413 g/mol. The minimum absolute atomic E-state index is 0.0542. The highest BCUT2D eigenvalue weighted by Gasteiger charge is 2.44. The van der Waals surface area contributed by atoms with Crippen LogP contribution in [0.3, 0.4) is 0 Å². The molecule has 2 saturated heterocycles. The fraction of sp³-hybridized carbons (Fsp3) is 0.739. The minimum atomic E-state index is -0.378. The van der Waals surface area contributed by atoms with E-state index in [1.165, 1.54) is 18.4 Å². The number of hydrogen-bond acceptors (Lipinski definition) is 5. The van der Waals surface area contributed by atoms with Gasteiger partial charge in [0.15, 0.2) is 0 Å². The van der Waals surface area contributed by atoms with Crippen LogP contribution < -0.4 is 0 Å². The van der Waals surface area contributed by atoms with Gasteiger partial charge in [-0.2, -0.15) is 0 Å². The first-order chi connectivity index (χ1) is 14.6. The molecule has 4 heterocycles. The van der Waals surface area contributed by atoms with Crippen molar-refractivity contribution < 1.29 is 14.3 Å². The second-order valence-electron chi connectivity index (χ2n) is 9.43. The third kappa shape index (κ3) is 3.51. The molecule has 7 heteroatoms. The SMILES string of the molecule is Cc1ncc2c(n1)C1(CCN(C(=O)C3CCC(=O)N(C4CCCC4)C3)CC1)OCC2. The molecule has 162 valence electrons. The molecule has 4 aliphatic rings. The van der Waals surface area contributed by atoms with Crippen LogP contribution in [-0.4, -0.2) is 63.9 Å². The van der Waals surface area contributed by atoms with Crippen LogP contribution in [-0.2, 0) is 26.3 Å². The van der Waals surface area contributed by atoms with Crippen LogP contribution in [0.5, 0.6) is 0 Å². The molecule has 30 heavy (non-hydrogen) atoms.